The third-order valence-electron chi connectivity index (χ3n) is 4.90. The molecule has 0 aliphatic heterocycles. The summed E-state index contributed by atoms with van der Waals surface area (Å²) in [5.41, 5.74) is 10.1. The normalized spacial score (nSPS) is 12.5. The summed E-state index contributed by atoms with van der Waals surface area (Å²) in [6.07, 6.45) is 0. The van der Waals surface area contributed by atoms with Gasteiger partial charge < -0.3 is 15.3 Å². The summed E-state index contributed by atoms with van der Waals surface area (Å²) in [5.74, 6) is 1.97. The van der Waals surface area contributed by atoms with E-state index in [1.165, 1.54) is 11.3 Å². The van der Waals surface area contributed by atoms with Gasteiger partial charge in [-0.3, -0.25) is 0 Å². The highest BCUT2D eigenvalue weighted by Crippen LogP contribution is 2.28. The van der Waals surface area contributed by atoms with E-state index < -0.39 is 0 Å². The van der Waals surface area contributed by atoms with Gasteiger partial charge in [-0.25, -0.2) is 15.0 Å². The molecule has 2 aromatic heterocycles. The van der Waals surface area contributed by atoms with E-state index in [9.17, 15) is 0 Å². The average molecular weight is 425 g/mol. The number of aromatic nitrogens is 3. The van der Waals surface area contributed by atoms with Gasteiger partial charge >= 0.3 is 0 Å². The van der Waals surface area contributed by atoms with Gasteiger partial charge in [-0.15, -0.1) is 0 Å². The second kappa shape index (κ2) is 8.04. The first-order chi connectivity index (χ1) is 15.2. The van der Waals surface area contributed by atoms with Crippen LogP contribution in [0.5, 0.6) is 0 Å². The van der Waals surface area contributed by atoms with Crippen LogP contribution in [0.2, 0.25) is 0 Å². The van der Waals surface area contributed by atoms with Gasteiger partial charge in [-0.05, 0) is 24.3 Å². The first-order valence-electron chi connectivity index (χ1n) is 9.83. The molecular formula is C24H20N6S. The van der Waals surface area contributed by atoms with Crippen LogP contribution >= 0.6 is 11.3 Å². The Labute approximate surface area is 183 Å². The molecule has 0 bridgehead atoms. The van der Waals surface area contributed by atoms with Crippen molar-refractivity contribution in [3.8, 4) is 10.7 Å². The molecule has 0 aliphatic carbocycles. The number of amidine groups is 1. The number of fused-ring (bicyclic) bond motifs is 1. The minimum atomic E-state index is 0.606. The number of hydrogen-bond donors (Lipinski definition) is 2. The lowest BCUT2D eigenvalue weighted by Crippen LogP contribution is -2.15. The number of nitrogens with zero attached hydrogens (tertiary/aromatic N) is 4. The Kier molecular flexibility index (Phi) is 4.93. The molecule has 152 valence electrons. The molecule has 0 atom stereocenters. The topological polar surface area (TPSA) is 84.4 Å². The Morgan fingerprint density at radius 1 is 0.935 bits per heavy atom. The zero-order valence-electron chi connectivity index (χ0n) is 16.9. The molecule has 0 unspecified atom stereocenters. The number of para-hydroxylation sites is 3. The van der Waals surface area contributed by atoms with Crippen molar-refractivity contribution in [2.24, 2.45) is 17.0 Å². The maximum atomic E-state index is 6.44. The number of thiazole rings is 1. The monoisotopic (exact) mass is 424 g/mol. The van der Waals surface area contributed by atoms with Crippen LogP contribution in [0.4, 0.5) is 11.5 Å². The quantitative estimate of drug-likeness (QED) is 0.319. The number of nitrogens with one attached hydrogen (secondary N) is 1. The molecular weight excluding hydrogens is 404 g/mol. The number of imidazole rings is 1. The molecule has 31 heavy (non-hydrogen) atoms. The van der Waals surface area contributed by atoms with Crippen LogP contribution in [-0.4, -0.2) is 20.4 Å². The number of aliphatic imine (C=N–C) groups is 1. The molecule has 0 aliphatic rings. The van der Waals surface area contributed by atoms with Crippen molar-refractivity contribution in [2.75, 3.05) is 5.73 Å². The number of H-pyrrole nitrogens is 1. The van der Waals surface area contributed by atoms with E-state index in [4.69, 9.17) is 20.7 Å². The molecule has 6 nitrogen and oxygen atoms in total. The Morgan fingerprint density at radius 3 is 2.35 bits per heavy atom. The Hall–Kier alpha value is -3.97. The number of benzene rings is 3. The molecule has 0 radical (unpaired) electrons. The summed E-state index contributed by atoms with van der Waals surface area (Å²) >= 11 is 1.48. The number of rotatable bonds is 3. The number of nitrogens with two attached hydrogens (primary N) is 1. The van der Waals surface area contributed by atoms with Crippen molar-refractivity contribution in [1.82, 2.24) is 14.5 Å². The lowest BCUT2D eigenvalue weighted by atomic mass is 10.2. The Balaban J connectivity index is 1.66. The summed E-state index contributed by atoms with van der Waals surface area (Å²) in [6, 6.07) is 27.7. The highest BCUT2D eigenvalue weighted by atomic mass is 32.1. The highest BCUT2D eigenvalue weighted by Gasteiger charge is 2.15. The summed E-state index contributed by atoms with van der Waals surface area (Å²) in [5, 5.41) is 0. The molecule has 0 fully saturated rings. The van der Waals surface area contributed by atoms with Crippen molar-refractivity contribution in [3.05, 3.63) is 95.3 Å². The first kappa shape index (κ1) is 19.0. The Bertz CT molecular complexity index is 1410. The summed E-state index contributed by atoms with van der Waals surface area (Å²) < 4.78 is 1.87. The maximum Gasteiger partial charge on any atom is 0.193 e. The summed E-state index contributed by atoms with van der Waals surface area (Å²) in [4.78, 5) is 19.3. The summed E-state index contributed by atoms with van der Waals surface area (Å²) in [7, 11) is 1.90. The van der Waals surface area contributed by atoms with E-state index in [2.05, 4.69) is 4.98 Å². The second-order valence-electron chi connectivity index (χ2n) is 7.01. The predicted molar refractivity (Wildman–Crippen MR) is 127 cm³/mol. The van der Waals surface area contributed by atoms with Crippen LogP contribution < -0.4 is 10.5 Å². The largest absolute Gasteiger partial charge is 0.384 e. The zero-order valence-corrected chi connectivity index (χ0v) is 17.7. The van der Waals surface area contributed by atoms with Crippen LogP contribution in [0.3, 0.4) is 0 Å². The van der Waals surface area contributed by atoms with E-state index in [-0.39, 0.29) is 0 Å². The van der Waals surface area contributed by atoms with Gasteiger partial charge in [0.1, 0.15) is 10.7 Å². The van der Waals surface area contributed by atoms with Crippen molar-refractivity contribution in [2.45, 2.75) is 0 Å². The zero-order chi connectivity index (χ0) is 21.2. The van der Waals surface area contributed by atoms with E-state index in [0.717, 1.165) is 37.8 Å². The van der Waals surface area contributed by atoms with Gasteiger partial charge in [0.05, 0.1) is 16.7 Å². The molecule has 0 saturated heterocycles. The molecule has 0 amide bonds. The molecule has 7 heteroatoms. The molecule has 3 aromatic carbocycles. The average Bonchev–Trinajstić information content (AvgIpc) is 3.36. The fourth-order valence-corrected chi connectivity index (χ4v) is 4.24. The van der Waals surface area contributed by atoms with Crippen LogP contribution in [0.25, 0.3) is 21.7 Å². The van der Waals surface area contributed by atoms with Crippen LogP contribution in [0.1, 0.15) is 5.56 Å². The van der Waals surface area contributed by atoms with Crippen molar-refractivity contribution < 1.29 is 0 Å². The lowest BCUT2D eigenvalue weighted by molar-refractivity contribution is 0.890. The van der Waals surface area contributed by atoms with Gasteiger partial charge in [0.25, 0.3) is 0 Å². The van der Waals surface area contributed by atoms with Crippen molar-refractivity contribution in [3.63, 3.8) is 0 Å². The third-order valence-corrected chi connectivity index (χ3v) is 6.06. The van der Waals surface area contributed by atoms with Gasteiger partial charge in [-0.2, -0.15) is 0 Å². The van der Waals surface area contributed by atoms with Gasteiger partial charge in [0, 0.05) is 12.6 Å². The Morgan fingerprint density at radius 2 is 1.61 bits per heavy atom. The van der Waals surface area contributed by atoms with Crippen LogP contribution in [-0.2, 0) is 7.05 Å². The van der Waals surface area contributed by atoms with E-state index >= 15 is 0 Å². The summed E-state index contributed by atoms with van der Waals surface area (Å²) in [6.45, 7) is 0. The van der Waals surface area contributed by atoms with Crippen LogP contribution in [0.15, 0.2) is 94.9 Å². The third kappa shape index (κ3) is 3.78. The van der Waals surface area contributed by atoms with Crippen molar-refractivity contribution >= 4 is 39.7 Å². The first-order valence-corrected chi connectivity index (χ1v) is 10.6. The highest BCUT2D eigenvalue weighted by molar-refractivity contribution is 7.13. The number of aromatic amines is 1. The van der Waals surface area contributed by atoms with Gasteiger partial charge in [0.15, 0.2) is 16.5 Å². The predicted octanol–water partition coefficient (Wildman–Crippen LogP) is 4.89. The van der Waals surface area contributed by atoms with Gasteiger partial charge in [0.2, 0.25) is 0 Å². The van der Waals surface area contributed by atoms with E-state index in [1.807, 2.05) is 96.5 Å². The van der Waals surface area contributed by atoms with Gasteiger partial charge in [-0.1, -0.05) is 72.0 Å². The fraction of sp³-hybridized carbons (Fsp3) is 0.0417. The fourth-order valence-electron chi connectivity index (χ4n) is 3.25. The molecule has 0 spiro atoms. The minimum Gasteiger partial charge on any atom is -0.384 e. The SMILES string of the molecule is Cn1c(N)c(-c2nc3ccccc3[nH]2)sc1=NC(=Nc1ccccc1)c1ccccc1. The second-order valence-corrected chi connectivity index (χ2v) is 7.99. The standard InChI is InChI=1S/C24H20N6S/c1-30-21(25)20(23-27-18-14-8-9-15-19(18)28-23)31-24(30)29-22(16-10-4-2-5-11-16)26-17-12-6-3-7-13-17/h2-15H,25H2,1H3,(H,27,28). The lowest BCUT2D eigenvalue weighted by Gasteiger charge is -2.02. The molecule has 2 heterocycles. The number of anilines is 1. The maximum absolute atomic E-state index is 6.44. The smallest absolute Gasteiger partial charge is 0.193 e. The molecule has 5 rings (SSSR count). The molecule has 3 N–H and O–H groups in total. The van der Waals surface area contributed by atoms with Crippen LogP contribution in [0, 0.1) is 0 Å². The van der Waals surface area contributed by atoms with E-state index in [1.54, 1.807) is 0 Å². The number of nitrogen functional groups attached to an aromatic ring is 1. The van der Waals surface area contributed by atoms with E-state index in [0.29, 0.717) is 11.7 Å². The number of hydrogen-bond acceptors (Lipinski definition) is 4. The molecule has 5 aromatic rings. The van der Waals surface area contributed by atoms with Crippen molar-refractivity contribution in [1.29, 1.82) is 0 Å². The minimum absolute atomic E-state index is 0.606. The molecule has 0 saturated carbocycles.